The average molecular weight is 442 g/mol. The molecule has 0 unspecified atom stereocenters. The van der Waals surface area contributed by atoms with Crippen molar-refractivity contribution in [1.29, 1.82) is 0 Å². The Kier molecular flexibility index (Phi) is 3.84. The summed E-state index contributed by atoms with van der Waals surface area (Å²) < 4.78 is 14.2. The van der Waals surface area contributed by atoms with Crippen LogP contribution >= 0.6 is 0 Å². The van der Waals surface area contributed by atoms with Crippen LogP contribution in [0.3, 0.4) is 0 Å². The van der Waals surface area contributed by atoms with Crippen LogP contribution in [0.1, 0.15) is 28.8 Å². The van der Waals surface area contributed by atoms with E-state index in [1.54, 1.807) is 30.6 Å². The molecule has 1 aliphatic carbocycles. The molecule has 7 heteroatoms. The number of carbonyl (C=O) groups is 1. The van der Waals surface area contributed by atoms with Crippen molar-refractivity contribution in [2.75, 3.05) is 37.6 Å². The molecule has 1 saturated carbocycles. The van der Waals surface area contributed by atoms with Crippen molar-refractivity contribution in [3.8, 4) is 11.1 Å². The smallest absolute Gasteiger partial charge is 0.253 e. The van der Waals surface area contributed by atoms with E-state index in [9.17, 15) is 9.18 Å². The van der Waals surface area contributed by atoms with Crippen LogP contribution in [-0.2, 0) is 5.41 Å². The number of anilines is 2. The van der Waals surface area contributed by atoms with Gasteiger partial charge in [0.15, 0.2) is 0 Å². The number of halogens is 1. The van der Waals surface area contributed by atoms with E-state index in [1.807, 2.05) is 17.0 Å². The van der Waals surface area contributed by atoms with Crippen molar-refractivity contribution < 1.29 is 9.18 Å². The molecular formula is C26H24FN5O. The summed E-state index contributed by atoms with van der Waals surface area (Å²) in [5.74, 6) is 0.405. The van der Waals surface area contributed by atoms with E-state index in [-0.39, 0.29) is 17.1 Å². The third-order valence-electron chi connectivity index (χ3n) is 7.83. The first kappa shape index (κ1) is 19.2. The normalized spacial score (nSPS) is 21.0. The molecule has 166 valence electrons. The minimum absolute atomic E-state index is 0.0999. The minimum atomic E-state index is -0.286. The fourth-order valence-corrected chi connectivity index (χ4v) is 5.65. The second kappa shape index (κ2) is 6.60. The summed E-state index contributed by atoms with van der Waals surface area (Å²) in [5.41, 5.74) is 4.63. The van der Waals surface area contributed by atoms with E-state index in [0.29, 0.717) is 22.5 Å². The fourth-order valence-electron chi connectivity index (χ4n) is 5.65. The Hall–Kier alpha value is -3.32. The van der Waals surface area contributed by atoms with Gasteiger partial charge in [-0.1, -0.05) is 24.3 Å². The third kappa shape index (κ3) is 2.85. The number of likely N-dealkylation sites (tertiary alicyclic amines) is 1. The molecule has 33 heavy (non-hydrogen) atoms. The Morgan fingerprint density at radius 1 is 1.00 bits per heavy atom. The summed E-state index contributed by atoms with van der Waals surface area (Å²) in [4.78, 5) is 26.4. The highest BCUT2D eigenvalue weighted by Gasteiger charge is 2.53. The van der Waals surface area contributed by atoms with Gasteiger partial charge >= 0.3 is 0 Å². The van der Waals surface area contributed by atoms with Crippen LogP contribution in [0.4, 0.5) is 16.0 Å². The highest BCUT2D eigenvalue weighted by molar-refractivity contribution is 5.96. The number of hydrogen-bond acceptors (Lipinski definition) is 5. The zero-order valence-electron chi connectivity index (χ0n) is 18.2. The van der Waals surface area contributed by atoms with Gasteiger partial charge in [-0.2, -0.15) is 0 Å². The lowest BCUT2D eigenvalue weighted by Gasteiger charge is -2.56. The summed E-state index contributed by atoms with van der Waals surface area (Å²) in [5, 5.41) is 3.32. The van der Waals surface area contributed by atoms with Gasteiger partial charge < -0.3 is 15.1 Å². The summed E-state index contributed by atoms with van der Waals surface area (Å²) in [6.45, 7) is 4.51. The van der Waals surface area contributed by atoms with Gasteiger partial charge in [0, 0.05) is 78.3 Å². The van der Waals surface area contributed by atoms with Crippen molar-refractivity contribution in [2.24, 2.45) is 5.41 Å². The van der Waals surface area contributed by atoms with E-state index in [2.05, 4.69) is 26.3 Å². The summed E-state index contributed by atoms with van der Waals surface area (Å²) in [6, 6.07) is 12.8. The van der Waals surface area contributed by atoms with Gasteiger partial charge in [0.05, 0.1) is 0 Å². The van der Waals surface area contributed by atoms with Crippen molar-refractivity contribution in [2.45, 2.75) is 18.3 Å². The van der Waals surface area contributed by atoms with Gasteiger partial charge in [-0.3, -0.25) is 4.79 Å². The molecule has 1 amide bonds. The molecule has 3 fully saturated rings. The van der Waals surface area contributed by atoms with Gasteiger partial charge in [0.25, 0.3) is 5.91 Å². The van der Waals surface area contributed by atoms with Crippen molar-refractivity contribution >= 4 is 17.5 Å². The maximum Gasteiger partial charge on any atom is 0.253 e. The molecule has 1 aromatic heterocycles. The van der Waals surface area contributed by atoms with E-state index < -0.39 is 0 Å². The Morgan fingerprint density at radius 3 is 2.42 bits per heavy atom. The molecule has 4 aliphatic rings. The number of nitrogens with zero attached hydrogens (tertiary/aromatic N) is 4. The number of benzene rings is 2. The number of aromatic nitrogens is 2. The molecule has 7 rings (SSSR count). The lowest BCUT2D eigenvalue weighted by atomic mass is 9.74. The zero-order valence-corrected chi connectivity index (χ0v) is 18.2. The fraction of sp³-hybridized carbons (Fsp3) is 0.346. The quantitative estimate of drug-likeness (QED) is 0.674. The Bertz CT molecular complexity index is 1270. The lowest BCUT2D eigenvalue weighted by Crippen LogP contribution is -2.71. The Morgan fingerprint density at radius 2 is 1.76 bits per heavy atom. The number of hydrogen-bond donors (Lipinski definition) is 1. The third-order valence-corrected chi connectivity index (χ3v) is 7.83. The molecule has 0 bridgehead atoms. The van der Waals surface area contributed by atoms with Gasteiger partial charge in [0.1, 0.15) is 5.82 Å². The maximum atomic E-state index is 14.2. The average Bonchev–Trinajstić information content (AvgIpc) is 3.49. The minimum Gasteiger partial charge on any atom is -0.337 e. The van der Waals surface area contributed by atoms with E-state index >= 15 is 0 Å². The predicted molar refractivity (Wildman–Crippen MR) is 123 cm³/mol. The van der Waals surface area contributed by atoms with Crippen molar-refractivity contribution in [1.82, 2.24) is 20.2 Å². The van der Waals surface area contributed by atoms with Crippen molar-refractivity contribution in [3.05, 3.63) is 71.8 Å². The molecule has 6 nitrogen and oxygen atoms in total. The Balaban J connectivity index is 1.19. The number of rotatable bonds is 3. The zero-order chi connectivity index (χ0) is 22.2. The molecule has 0 radical (unpaired) electrons. The van der Waals surface area contributed by atoms with Crippen LogP contribution in [0.25, 0.3) is 11.1 Å². The van der Waals surface area contributed by atoms with Gasteiger partial charge in [-0.25, -0.2) is 14.4 Å². The first-order chi connectivity index (χ1) is 16.1. The number of nitrogens with one attached hydrogen (secondary N) is 1. The molecule has 0 atom stereocenters. The van der Waals surface area contributed by atoms with Crippen LogP contribution in [0.15, 0.2) is 54.9 Å². The largest absolute Gasteiger partial charge is 0.337 e. The highest BCUT2D eigenvalue weighted by atomic mass is 19.1. The highest BCUT2D eigenvalue weighted by Crippen LogP contribution is 2.57. The van der Waals surface area contributed by atoms with E-state index in [1.165, 1.54) is 11.6 Å². The van der Waals surface area contributed by atoms with Crippen molar-refractivity contribution in [3.63, 3.8) is 0 Å². The lowest BCUT2D eigenvalue weighted by molar-refractivity contribution is -0.0248. The topological polar surface area (TPSA) is 61.4 Å². The van der Waals surface area contributed by atoms with Gasteiger partial charge in [-0.05, 0) is 36.6 Å². The van der Waals surface area contributed by atoms with Crippen LogP contribution in [0, 0.1) is 11.2 Å². The predicted octanol–water partition coefficient (Wildman–Crippen LogP) is 3.51. The molecule has 3 aliphatic heterocycles. The number of amides is 1. The molecule has 4 heterocycles. The van der Waals surface area contributed by atoms with Crippen LogP contribution in [0.2, 0.25) is 0 Å². The molecule has 2 saturated heterocycles. The van der Waals surface area contributed by atoms with Crippen LogP contribution in [-0.4, -0.2) is 53.5 Å². The molecule has 2 spiro atoms. The summed E-state index contributed by atoms with van der Waals surface area (Å²) >= 11 is 0. The monoisotopic (exact) mass is 441 g/mol. The second-order valence-electron chi connectivity index (χ2n) is 10.1. The van der Waals surface area contributed by atoms with Crippen LogP contribution in [0.5, 0.6) is 0 Å². The standard InChI is InChI=1S/C26H24FN5O/c27-21-4-2-1-3-19(21)18-10-29-24(30-11-18)32-16-26(7-8-26)20-6-5-17(9-22(20)32)23(33)31-14-25(15-31)12-28-13-25/h1-6,9-11,28H,7-8,12-16H2. The number of fused-ring (bicyclic) bond motifs is 2. The molecule has 2 aromatic carbocycles. The van der Waals surface area contributed by atoms with Gasteiger partial charge in [-0.15, -0.1) is 0 Å². The van der Waals surface area contributed by atoms with E-state index in [0.717, 1.165) is 56.8 Å². The first-order valence-electron chi connectivity index (χ1n) is 11.6. The number of carbonyl (C=O) groups excluding carboxylic acids is 1. The molecular weight excluding hydrogens is 417 g/mol. The van der Waals surface area contributed by atoms with E-state index in [4.69, 9.17) is 0 Å². The maximum absolute atomic E-state index is 14.2. The van der Waals surface area contributed by atoms with Gasteiger partial charge in [0.2, 0.25) is 5.95 Å². The first-order valence-corrected chi connectivity index (χ1v) is 11.6. The SMILES string of the molecule is O=C(c1ccc2c(c1)N(c1ncc(-c3ccccc3F)cn1)CC21CC1)N1CC2(CNC2)C1. The summed E-state index contributed by atoms with van der Waals surface area (Å²) in [6.07, 6.45) is 5.64. The Labute approximate surface area is 191 Å². The second-order valence-corrected chi connectivity index (χ2v) is 10.1. The van der Waals surface area contributed by atoms with Crippen LogP contribution < -0.4 is 10.2 Å². The molecule has 3 aromatic rings. The molecule has 1 N–H and O–H groups in total. The summed E-state index contributed by atoms with van der Waals surface area (Å²) in [7, 11) is 0.